The summed E-state index contributed by atoms with van der Waals surface area (Å²) in [5.41, 5.74) is 1.36. The highest BCUT2D eigenvalue weighted by Crippen LogP contribution is 2.13. The molecular formula is C17H21ClN2O3. The number of hydrogen-bond donors (Lipinski definition) is 1. The van der Waals surface area contributed by atoms with Crippen LogP contribution in [0.5, 0.6) is 0 Å². The molecule has 0 unspecified atom stereocenters. The van der Waals surface area contributed by atoms with Crippen LogP contribution in [0.3, 0.4) is 0 Å². The van der Waals surface area contributed by atoms with E-state index in [0.717, 1.165) is 12.1 Å². The molecule has 2 rings (SSSR count). The maximum absolute atomic E-state index is 11.6. The molecule has 0 atom stereocenters. The summed E-state index contributed by atoms with van der Waals surface area (Å²) in [5, 5.41) is 3.22. The number of amidine groups is 1. The third kappa shape index (κ3) is 5.45. The minimum absolute atomic E-state index is 0. The summed E-state index contributed by atoms with van der Waals surface area (Å²) in [4.78, 5) is 16.1. The van der Waals surface area contributed by atoms with E-state index in [1.165, 1.54) is 0 Å². The zero-order valence-corrected chi connectivity index (χ0v) is 14.1. The molecule has 0 aliphatic carbocycles. The number of rotatable bonds is 6. The molecule has 0 aliphatic heterocycles. The van der Waals surface area contributed by atoms with Gasteiger partial charge in [-0.1, -0.05) is 6.92 Å². The van der Waals surface area contributed by atoms with Gasteiger partial charge in [0.15, 0.2) is 11.6 Å². The van der Waals surface area contributed by atoms with Crippen molar-refractivity contribution in [1.82, 2.24) is 0 Å². The van der Waals surface area contributed by atoms with Crippen LogP contribution in [0.25, 0.3) is 0 Å². The lowest BCUT2D eigenvalue weighted by atomic mass is 10.2. The Balaban J connectivity index is 0.00000264. The van der Waals surface area contributed by atoms with E-state index < -0.39 is 0 Å². The van der Waals surface area contributed by atoms with Crippen LogP contribution in [0, 0.1) is 0 Å². The van der Waals surface area contributed by atoms with E-state index in [0.29, 0.717) is 30.3 Å². The summed E-state index contributed by atoms with van der Waals surface area (Å²) in [6.45, 7) is 4.93. The molecule has 1 N–H and O–H groups in total. The maximum Gasteiger partial charge on any atom is 0.338 e. The molecule has 1 aromatic heterocycles. The van der Waals surface area contributed by atoms with Crippen LogP contribution < -0.4 is 5.32 Å². The molecule has 0 radical (unpaired) electrons. The number of furan rings is 1. The summed E-state index contributed by atoms with van der Waals surface area (Å²) < 4.78 is 10.4. The zero-order valence-electron chi connectivity index (χ0n) is 13.2. The molecule has 1 heterocycles. The zero-order chi connectivity index (χ0) is 15.8. The van der Waals surface area contributed by atoms with Gasteiger partial charge in [0.25, 0.3) is 0 Å². The lowest BCUT2D eigenvalue weighted by molar-refractivity contribution is 0.0526. The first kappa shape index (κ1) is 18.8. The number of carbonyl (C=O) groups is 1. The number of nitrogens with one attached hydrogen (secondary N) is 1. The summed E-state index contributed by atoms with van der Waals surface area (Å²) in [5.74, 6) is 1.04. The normalized spacial score (nSPS) is 10.8. The summed E-state index contributed by atoms with van der Waals surface area (Å²) >= 11 is 0. The van der Waals surface area contributed by atoms with Gasteiger partial charge in [-0.2, -0.15) is 0 Å². The van der Waals surface area contributed by atoms with Gasteiger partial charge in [0.2, 0.25) is 0 Å². The van der Waals surface area contributed by atoms with Crippen molar-refractivity contribution in [3.63, 3.8) is 0 Å². The van der Waals surface area contributed by atoms with E-state index in [2.05, 4.69) is 17.2 Å². The van der Waals surface area contributed by atoms with Gasteiger partial charge in [-0.15, -0.1) is 12.4 Å². The van der Waals surface area contributed by atoms with Gasteiger partial charge < -0.3 is 14.5 Å². The average molecular weight is 337 g/mol. The van der Waals surface area contributed by atoms with Gasteiger partial charge in [-0.05, 0) is 49.7 Å². The van der Waals surface area contributed by atoms with Gasteiger partial charge in [0.05, 0.1) is 18.4 Å². The number of nitrogens with zero attached hydrogens (tertiary/aromatic N) is 1. The Kier molecular flexibility index (Phi) is 7.91. The fraction of sp³-hybridized carbons (Fsp3) is 0.294. The van der Waals surface area contributed by atoms with Crippen molar-refractivity contribution in [2.24, 2.45) is 4.99 Å². The Morgan fingerprint density at radius 2 is 1.96 bits per heavy atom. The van der Waals surface area contributed by atoms with Gasteiger partial charge in [-0.25, -0.2) is 4.79 Å². The highest BCUT2D eigenvalue weighted by Gasteiger charge is 2.09. The number of esters is 1. The maximum atomic E-state index is 11.6. The highest BCUT2D eigenvalue weighted by molar-refractivity contribution is 6.06. The van der Waals surface area contributed by atoms with Crippen molar-refractivity contribution in [1.29, 1.82) is 0 Å². The van der Waals surface area contributed by atoms with Crippen molar-refractivity contribution in [3.8, 4) is 0 Å². The standard InChI is InChI=1S/C17H20N2O3.ClH/c1-3-11-18-16(15-6-5-12-22-15)19-14-9-7-13(8-10-14)17(20)21-4-2;/h5-10,12H,3-4,11H2,1-2H3,(H,18,19);1H. The second-order valence-electron chi connectivity index (χ2n) is 4.63. The van der Waals surface area contributed by atoms with E-state index in [4.69, 9.17) is 9.15 Å². The van der Waals surface area contributed by atoms with Gasteiger partial charge in [-0.3, -0.25) is 4.99 Å². The topological polar surface area (TPSA) is 63.8 Å². The smallest absolute Gasteiger partial charge is 0.338 e. The van der Waals surface area contributed by atoms with E-state index in [1.54, 1.807) is 25.3 Å². The molecule has 5 nitrogen and oxygen atoms in total. The van der Waals surface area contributed by atoms with Crippen molar-refractivity contribution in [2.45, 2.75) is 20.3 Å². The van der Waals surface area contributed by atoms with Gasteiger partial charge in [0.1, 0.15) is 0 Å². The first-order chi connectivity index (χ1) is 10.7. The summed E-state index contributed by atoms with van der Waals surface area (Å²) in [6.07, 6.45) is 2.57. The first-order valence-corrected chi connectivity index (χ1v) is 7.37. The van der Waals surface area contributed by atoms with Crippen LogP contribution in [-0.4, -0.2) is 25.0 Å². The third-order valence-corrected chi connectivity index (χ3v) is 2.91. The molecule has 0 saturated heterocycles. The Morgan fingerprint density at radius 3 is 2.52 bits per heavy atom. The lowest BCUT2D eigenvalue weighted by Crippen LogP contribution is -2.14. The first-order valence-electron chi connectivity index (χ1n) is 7.37. The quantitative estimate of drug-likeness (QED) is 0.489. The van der Waals surface area contributed by atoms with Crippen LogP contribution >= 0.6 is 12.4 Å². The molecule has 0 spiro atoms. The van der Waals surface area contributed by atoms with E-state index in [1.807, 2.05) is 24.3 Å². The molecule has 1 aromatic carbocycles. The van der Waals surface area contributed by atoms with Crippen LogP contribution in [0.1, 0.15) is 36.4 Å². The van der Waals surface area contributed by atoms with Crippen molar-refractivity contribution < 1.29 is 13.9 Å². The van der Waals surface area contributed by atoms with E-state index in [-0.39, 0.29) is 18.4 Å². The van der Waals surface area contributed by atoms with Gasteiger partial charge in [0, 0.05) is 12.2 Å². The number of aliphatic imine (C=N–C) groups is 1. The molecule has 0 fully saturated rings. The Bertz CT molecular complexity index is 622. The number of benzene rings is 1. The summed E-state index contributed by atoms with van der Waals surface area (Å²) in [7, 11) is 0. The van der Waals surface area contributed by atoms with Crippen molar-refractivity contribution >= 4 is 29.9 Å². The Morgan fingerprint density at radius 1 is 1.22 bits per heavy atom. The second-order valence-corrected chi connectivity index (χ2v) is 4.63. The minimum atomic E-state index is -0.319. The Hall–Kier alpha value is -2.27. The monoisotopic (exact) mass is 336 g/mol. The number of anilines is 1. The van der Waals surface area contributed by atoms with Crippen LogP contribution in [0.15, 0.2) is 52.1 Å². The largest absolute Gasteiger partial charge is 0.462 e. The molecule has 23 heavy (non-hydrogen) atoms. The minimum Gasteiger partial charge on any atom is -0.462 e. The molecule has 0 bridgehead atoms. The molecule has 0 saturated carbocycles. The number of hydrogen-bond acceptors (Lipinski definition) is 4. The number of halogens is 1. The fourth-order valence-electron chi connectivity index (χ4n) is 1.86. The Labute approximate surface area is 142 Å². The summed E-state index contributed by atoms with van der Waals surface area (Å²) in [6, 6.07) is 10.8. The van der Waals surface area contributed by atoms with Gasteiger partial charge >= 0.3 is 5.97 Å². The number of carbonyl (C=O) groups excluding carboxylic acids is 1. The lowest BCUT2D eigenvalue weighted by Gasteiger charge is -2.09. The fourth-order valence-corrected chi connectivity index (χ4v) is 1.86. The molecule has 0 aliphatic rings. The third-order valence-electron chi connectivity index (χ3n) is 2.91. The highest BCUT2D eigenvalue weighted by atomic mass is 35.5. The molecule has 0 amide bonds. The molecule has 2 aromatic rings. The predicted octanol–water partition coefficient (Wildman–Crippen LogP) is 4.15. The van der Waals surface area contributed by atoms with E-state index in [9.17, 15) is 4.79 Å². The van der Waals surface area contributed by atoms with E-state index >= 15 is 0 Å². The number of ether oxygens (including phenoxy) is 1. The molecular weight excluding hydrogens is 316 g/mol. The second kappa shape index (κ2) is 9.69. The predicted molar refractivity (Wildman–Crippen MR) is 93.7 cm³/mol. The van der Waals surface area contributed by atoms with Crippen LogP contribution in [0.2, 0.25) is 0 Å². The van der Waals surface area contributed by atoms with Crippen molar-refractivity contribution in [2.75, 3.05) is 18.5 Å². The van der Waals surface area contributed by atoms with Crippen LogP contribution in [0.4, 0.5) is 5.69 Å². The van der Waals surface area contributed by atoms with Crippen molar-refractivity contribution in [3.05, 3.63) is 54.0 Å². The molecule has 6 heteroatoms. The SMILES string of the molecule is CCCN=C(Nc1ccc(C(=O)OCC)cc1)c1ccco1.Cl. The molecule has 124 valence electrons. The van der Waals surface area contributed by atoms with Crippen LogP contribution in [-0.2, 0) is 4.74 Å². The average Bonchev–Trinajstić information content (AvgIpc) is 3.06.